The fourth-order valence-electron chi connectivity index (χ4n) is 2.50. The van der Waals surface area contributed by atoms with Gasteiger partial charge in [0.25, 0.3) is 5.91 Å². The van der Waals surface area contributed by atoms with Crippen molar-refractivity contribution in [1.29, 1.82) is 0 Å². The number of furan rings is 1. The van der Waals surface area contributed by atoms with Crippen LogP contribution < -0.4 is 11.1 Å². The van der Waals surface area contributed by atoms with Crippen LogP contribution in [0.3, 0.4) is 0 Å². The molecule has 0 aromatic carbocycles. The lowest BCUT2D eigenvalue weighted by Gasteiger charge is -2.26. The number of hydrogen-bond acceptors (Lipinski definition) is 3. The summed E-state index contributed by atoms with van der Waals surface area (Å²) in [5, 5.41) is 3.03. The Balaban J connectivity index is 1.94. The summed E-state index contributed by atoms with van der Waals surface area (Å²) in [5.41, 5.74) is 6.90. The number of carbonyl (C=O) groups is 1. The van der Waals surface area contributed by atoms with Crippen LogP contribution in [0.2, 0.25) is 0 Å². The molecular formula is C14H22N2O2. The second kappa shape index (κ2) is 5.57. The Morgan fingerprint density at radius 2 is 2.11 bits per heavy atom. The molecule has 4 nitrogen and oxygen atoms in total. The maximum atomic E-state index is 12.0. The highest BCUT2D eigenvalue weighted by molar-refractivity contribution is 5.92. The Morgan fingerprint density at radius 1 is 1.44 bits per heavy atom. The minimum atomic E-state index is -0.0988. The van der Waals surface area contributed by atoms with Gasteiger partial charge in [0.05, 0.1) is 0 Å². The van der Waals surface area contributed by atoms with Crippen molar-refractivity contribution in [1.82, 2.24) is 5.32 Å². The number of nitrogens with two attached hydrogens (primary N) is 1. The van der Waals surface area contributed by atoms with E-state index < -0.39 is 0 Å². The van der Waals surface area contributed by atoms with Gasteiger partial charge in [-0.05, 0) is 44.2 Å². The number of nitrogens with one attached hydrogen (secondary N) is 1. The van der Waals surface area contributed by atoms with E-state index in [0.29, 0.717) is 11.8 Å². The molecule has 1 fully saturated rings. The molecule has 1 aromatic heterocycles. The highest BCUT2D eigenvalue weighted by atomic mass is 16.4. The first-order valence-electron chi connectivity index (χ1n) is 6.76. The minimum Gasteiger partial charge on any atom is -0.456 e. The van der Waals surface area contributed by atoms with Crippen molar-refractivity contribution in [2.24, 2.45) is 5.73 Å². The molecule has 3 N–H and O–H groups in total. The Bertz CT molecular complexity index is 417. The van der Waals surface area contributed by atoms with E-state index in [1.54, 1.807) is 0 Å². The zero-order valence-electron chi connectivity index (χ0n) is 11.2. The first-order chi connectivity index (χ1) is 8.60. The molecule has 0 bridgehead atoms. The standard InChI is InChI=1S/C14H22N2O2/c1-3-12-9(2)8-13(18-12)14(17)16-11-6-4-10(15)5-7-11/h8,10-11H,3-7,15H2,1-2H3,(H,16,17). The molecule has 100 valence electrons. The van der Waals surface area contributed by atoms with Gasteiger partial charge in [0.1, 0.15) is 5.76 Å². The van der Waals surface area contributed by atoms with E-state index in [0.717, 1.165) is 43.4 Å². The van der Waals surface area contributed by atoms with E-state index >= 15 is 0 Å². The average molecular weight is 250 g/mol. The van der Waals surface area contributed by atoms with Gasteiger partial charge in [-0.1, -0.05) is 6.92 Å². The maximum absolute atomic E-state index is 12.0. The van der Waals surface area contributed by atoms with Crippen molar-refractivity contribution in [2.45, 2.75) is 58.0 Å². The zero-order valence-corrected chi connectivity index (χ0v) is 11.2. The van der Waals surface area contributed by atoms with Crippen LogP contribution in [0.25, 0.3) is 0 Å². The molecule has 0 unspecified atom stereocenters. The molecule has 0 saturated heterocycles. The molecule has 2 rings (SSSR count). The normalized spacial score (nSPS) is 23.9. The number of rotatable bonds is 3. The van der Waals surface area contributed by atoms with Crippen LogP contribution in [0.4, 0.5) is 0 Å². The summed E-state index contributed by atoms with van der Waals surface area (Å²) in [7, 11) is 0. The van der Waals surface area contributed by atoms with E-state index in [2.05, 4.69) is 5.32 Å². The lowest BCUT2D eigenvalue weighted by atomic mass is 9.92. The summed E-state index contributed by atoms with van der Waals surface area (Å²) in [5.74, 6) is 1.23. The van der Waals surface area contributed by atoms with Crippen molar-refractivity contribution >= 4 is 5.91 Å². The van der Waals surface area contributed by atoms with E-state index in [4.69, 9.17) is 10.2 Å². The van der Waals surface area contributed by atoms with E-state index in [1.807, 2.05) is 19.9 Å². The molecule has 4 heteroatoms. The molecule has 0 aliphatic heterocycles. The van der Waals surface area contributed by atoms with Gasteiger partial charge in [-0.2, -0.15) is 0 Å². The van der Waals surface area contributed by atoms with E-state index in [9.17, 15) is 4.79 Å². The first-order valence-corrected chi connectivity index (χ1v) is 6.76. The van der Waals surface area contributed by atoms with Gasteiger partial charge in [0, 0.05) is 18.5 Å². The molecule has 0 atom stereocenters. The summed E-state index contributed by atoms with van der Waals surface area (Å²) in [6, 6.07) is 2.37. The van der Waals surface area contributed by atoms with Crippen molar-refractivity contribution in [3.63, 3.8) is 0 Å². The lowest BCUT2D eigenvalue weighted by molar-refractivity contribution is 0.0896. The van der Waals surface area contributed by atoms with E-state index in [-0.39, 0.29) is 11.9 Å². The summed E-state index contributed by atoms with van der Waals surface area (Å²) >= 11 is 0. The largest absolute Gasteiger partial charge is 0.456 e. The van der Waals surface area contributed by atoms with Gasteiger partial charge in [-0.25, -0.2) is 0 Å². The molecular weight excluding hydrogens is 228 g/mol. The molecule has 1 aliphatic carbocycles. The summed E-state index contributed by atoms with van der Waals surface area (Å²) in [6.45, 7) is 3.99. The van der Waals surface area contributed by atoms with Gasteiger partial charge in [-0.3, -0.25) is 4.79 Å². The van der Waals surface area contributed by atoms with Gasteiger partial charge in [0.2, 0.25) is 0 Å². The topological polar surface area (TPSA) is 68.3 Å². The Kier molecular flexibility index (Phi) is 4.07. The highest BCUT2D eigenvalue weighted by Crippen LogP contribution is 2.19. The van der Waals surface area contributed by atoms with Crippen LogP contribution >= 0.6 is 0 Å². The van der Waals surface area contributed by atoms with Gasteiger partial charge < -0.3 is 15.5 Å². The number of aryl methyl sites for hydroxylation is 2. The highest BCUT2D eigenvalue weighted by Gasteiger charge is 2.22. The SMILES string of the molecule is CCc1oc(C(=O)NC2CCC(N)CC2)cc1C. The van der Waals surface area contributed by atoms with Crippen LogP contribution in [-0.4, -0.2) is 18.0 Å². The molecule has 18 heavy (non-hydrogen) atoms. The number of carbonyl (C=O) groups excluding carboxylic acids is 1. The van der Waals surface area contributed by atoms with Crippen LogP contribution in [0, 0.1) is 6.92 Å². The van der Waals surface area contributed by atoms with Crippen LogP contribution in [0.1, 0.15) is 54.5 Å². The van der Waals surface area contributed by atoms with Gasteiger partial charge >= 0.3 is 0 Å². The van der Waals surface area contributed by atoms with Crippen LogP contribution in [0.15, 0.2) is 10.5 Å². The smallest absolute Gasteiger partial charge is 0.287 e. The van der Waals surface area contributed by atoms with Crippen molar-refractivity contribution in [3.8, 4) is 0 Å². The molecule has 1 heterocycles. The number of hydrogen-bond donors (Lipinski definition) is 2. The predicted molar refractivity (Wildman–Crippen MR) is 70.5 cm³/mol. The fourth-order valence-corrected chi connectivity index (χ4v) is 2.50. The average Bonchev–Trinajstić information content (AvgIpc) is 2.73. The molecule has 0 radical (unpaired) electrons. The van der Waals surface area contributed by atoms with Gasteiger partial charge in [-0.15, -0.1) is 0 Å². The third-order valence-electron chi connectivity index (χ3n) is 3.67. The van der Waals surface area contributed by atoms with Crippen molar-refractivity contribution < 1.29 is 9.21 Å². The third kappa shape index (κ3) is 2.93. The van der Waals surface area contributed by atoms with Crippen LogP contribution in [-0.2, 0) is 6.42 Å². The van der Waals surface area contributed by atoms with Crippen molar-refractivity contribution in [3.05, 3.63) is 23.2 Å². The second-order valence-corrected chi connectivity index (χ2v) is 5.16. The lowest BCUT2D eigenvalue weighted by Crippen LogP contribution is -2.40. The quantitative estimate of drug-likeness (QED) is 0.863. The Hall–Kier alpha value is -1.29. The third-order valence-corrected chi connectivity index (χ3v) is 3.67. The predicted octanol–water partition coefficient (Wildman–Crippen LogP) is 2.15. The molecule has 1 amide bonds. The number of amides is 1. The van der Waals surface area contributed by atoms with Gasteiger partial charge in [0.15, 0.2) is 5.76 Å². The maximum Gasteiger partial charge on any atom is 0.287 e. The van der Waals surface area contributed by atoms with E-state index in [1.165, 1.54) is 0 Å². The summed E-state index contributed by atoms with van der Waals surface area (Å²) in [4.78, 5) is 12.0. The molecule has 0 spiro atoms. The second-order valence-electron chi connectivity index (χ2n) is 5.16. The monoisotopic (exact) mass is 250 g/mol. The molecule has 1 aliphatic rings. The fraction of sp³-hybridized carbons (Fsp3) is 0.643. The Labute approximate surface area is 108 Å². The molecule has 1 aromatic rings. The molecule has 1 saturated carbocycles. The summed E-state index contributed by atoms with van der Waals surface area (Å²) in [6.07, 6.45) is 4.72. The van der Waals surface area contributed by atoms with Crippen LogP contribution in [0.5, 0.6) is 0 Å². The minimum absolute atomic E-state index is 0.0988. The summed E-state index contributed by atoms with van der Waals surface area (Å²) < 4.78 is 5.55. The Morgan fingerprint density at radius 3 is 2.67 bits per heavy atom. The first kappa shape index (κ1) is 13.1. The van der Waals surface area contributed by atoms with Crippen molar-refractivity contribution in [2.75, 3.05) is 0 Å². The zero-order chi connectivity index (χ0) is 13.1.